The third kappa shape index (κ3) is 3.95. The Kier molecular flexibility index (Phi) is 5.68. The summed E-state index contributed by atoms with van der Waals surface area (Å²) in [6.45, 7) is -0.288. The van der Waals surface area contributed by atoms with Gasteiger partial charge in [-0.2, -0.15) is 4.31 Å². The number of nitrogen functional groups attached to an aromatic ring is 1. The van der Waals surface area contributed by atoms with E-state index in [1.54, 1.807) is 42.5 Å². The number of nitrogens with two attached hydrogens (primary N) is 1. The quantitative estimate of drug-likeness (QED) is 0.240. The maximum atomic E-state index is 14.2. The molecule has 1 aliphatic rings. The highest BCUT2D eigenvalue weighted by Gasteiger charge is 2.43. The smallest absolute Gasteiger partial charge is 0.249 e. The second-order valence-corrected chi connectivity index (χ2v) is 9.33. The Balaban J connectivity index is 1.68. The standard InChI is InChI=1S/C22H17F5N2O2S/c23-17-18(24)20(26)22(21(27)19(17)25)32(30,31)29(16-8-9-16)11-12-4-6-13(7-5-12)14-2-1-3-15(28)10-14/h1-7,10,16H,8-9,11,28H2. The molecule has 0 bridgehead atoms. The predicted molar refractivity (Wildman–Crippen MR) is 108 cm³/mol. The van der Waals surface area contributed by atoms with Crippen LogP contribution >= 0.6 is 0 Å². The summed E-state index contributed by atoms with van der Waals surface area (Å²) in [5.41, 5.74) is 8.48. The average Bonchev–Trinajstić information content (AvgIpc) is 3.60. The van der Waals surface area contributed by atoms with Gasteiger partial charge in [-0.25, -0.2) is 30.4 Å². The SMILES string of the molecule is Nc1cccc(-c2ccc(CN(C3CC3)S(=O)(=O)c3c(F)c(F)c(F)c(F)c3F)cc2)c1. The number of hydrogen-bond donors (Lipinski definition) is 1. The molecule has 2 N–H and O–H groups in total. The Labute approximate surface area is 181 Å². The lowest BCUT2D eigenvalue weighted by Crippen LogP contribution is -2.34. The highest BCUT2D eigenvalue weighted by atomic mass is 32.2. The van der Waals surface area contributed by atoms with Gasteiger partial charge < -0.3 is 5.73 Å². The molecule has 1 saturated carbocycles. The van der Waals surface area contributed by atoms with Gasteiger partial charge in [-0.05, 0) is 41.7 Å². The summed E-state index contributed by atoms with van der Waals surface area (Å²) < 4.78 is 95.8. The fourth-order valence-electron chi connectivity index (χ4n) is 3.40. The lowest BCUT2D eigenvalue weighted by molar-refractivity contribution is 0.346. The van der Waals surface area contributed by atoms with Gasteiger partial charge in [-0.1, -0.05) is 36.4 Å². The molecule has 0 aliphatic heterocycles. The van der Waals surface area contributed by atoms with Crippen LogP contribution in [0.3, 0.4) is 0 Å². The first-order valence-corrected chi connectivity index (χ1v) is 11.0. The number of sulfonamides is 1. The van der Waals surface area contributed by atoms with Crippen LogP contribution in [-0.4, -0.2) is 18.8 Å². The molecule has 3 aromatic carbocycles. The highest BCUT2D eigenvalue weighted by molar-refractivity contribution is 7.89. The molecule has 32 heavy (non-hydrogen) atoms. The molecule has 0 atom stereocenters. The summed E-state index contributed by atoms with van der Waals surface area (Å²) in [6, 6.07) is 13.2. The van der Waals surface area contributed by atoms with Gasteiger partial charge in [-0.15, -0.1) is 0 Å². The Morgan fingerprint density at radius 1 is 0.812 bits per heavy atom. The van der Waals surface area contributed by atoms with Crippen molar-refractivity contribution in [1.82, 2.24) is 4.31 Å². The minimum absolute atomic E-state index is 0.288. The molecule has 0 aromatic heterocycles. The van der Waals surface area contributed by atoms with Crippen molar-refractivity contribution < 1.29 is 30.4 Å². The minimum Gasteiger partial charge on any atom is -0.399 e. The second-order valence-electron chi connectivity index (χ2n) is 7.50. The molecule has 10 heteroatoms. The number of anilines is 1. The van der Waals surface area contributed by atoms with E-state index < -0.39 is 50.0 Å². The van der Waals surface area contributed by atoms with E-state index in [1.807, 2.05) is 6.07 Å². The van der Waals surface area contributed by atoms with E-state index in [9.17, 15) is 30.4 Å². The summed E-state index contributed by atoms with van der Waals surface area (Å²) in [7, 11) is -5.01. The first-order chi connectivity index (χ1) is 15.1. The normalized spacial score (nSPS) is 14.2. The second kappa shape index (κ2) is 8.18. The molecule has 0 unspecified atom stereocenters. The van der Waals surface area contributed by atoms with Gasteiger partial charge in [0.15, 0.2) is 28.2 Å². The summed E-state index contributed by atoms with van der Waals surface area (Å²) in [4.78, 5) is -1.84. The Bertz CT molecular complexity index is 1260. The largest absolute Gasteiger partial charge is 0.399 e. The van der Waals surface area contributed by atoms with Crippen molar-refractivity contribution in [1.29, 1.82) is 0 Å². The first kappa shape index (κ1) is 22.2. The molecule has 3 aromatic rings. The third-order valence-electron chi connectivity index (χ3n) is 5.20. The summed E-state index contributed by atoms with van der Waals surface area (Å²) in [5, 5.41) is 0. The molecule has 0 amide bonds. The van der Waals surface area contributed by atoms with Crippen LogP contribution < -0.4 is 5.73 Å². The maximum Gasteiger partial charge on any atom is 0.249 e. The highest BCUT2D eigenvalue weighted by Crippen LogP contribution is 2.37. The van der Waals surface area contributed by atoms with Crippen LogP contribution in [0.5, 0.6) is 0 Å². The van der Waals surface area contributed by atoms with Gasteiger partial charge in [0.1, 0.15) is 0 Å². The van der Waals surface area contributed by atoms with Crippen LogP contribution in [0.15, 0.2) is 53.4 Å². The monoisotopic (exact) mass is 468 g/mol. The maximum absolute atomic E-state index is 14.2. The number of nitrogens with zero attached hydrogens (tertiary/aromatic N) is 1. The van der Waals surface area contributed by atoms with E-state index >= 15 is 0 Å². The molecule has 0 spiro atoms. The lowest BCUT2D eigenvalue weighted by Gasteiger charge is -2.23. The van der Waals surface area contributed by atoms with Gasteiger partial charge in [0.25, 0.3) is 0 Å². The van der Waals surface area contributed by atoms with E-state index in [1.165, 1.54) is 0 Å². The number of halogens is 5. The first-order valence-electron chi connectivity index (χ1n) is 9.59. The molecule has 1 aliphatic carbocycles. The summed E-state index contributed by atoms with van der Waals surface area (Å²) in [5.74, 6) is -11.8. The fourth-order valence-corrected chi connectivity index (χ4v) is 5.19. The van der Waals surface area contributed by atoms with Crippen LogP contribution in [0.25, 0.3) is 11.1 Å². The molecule has 0 heterocycles. The predicted octanol–water partition coefficient (Wildman–Crippen LogP) is 4.98. The average molecular weight is 468 g/mol. The molecule has 168 valence electrons. The van der Waals surface area contributed by atoms with Crippen molar-refractivity contribution in [3.8, 4) is 11.1 Å². The molecule has 0 radical (unpaired) electrons. The van der Waals surface area contributed by atoms with Crippen molar-refractivity contribution in [3.05, 3.63) is 83.2 Å². The third-order valence-corrected chi connectivity index (χ3v) is 7.12. The molecule has 0 saturated heterocycles. The topological polar surface area (TPSA) is 63.4 Å². The van der Waals surface area contributed by atoms with Crippen LogP contribution in [0.1, 0.15) is 18.4 Å². The lowest BCUT2D eigenvalue weighted by atomic mass is 10.0. The van der Waals surface area contributed by atoms with E-state index in [0.717, 1.165) is 15.4 Å². The van der Waals surface area contributed by atoms with Crippen molar-refractivity contribution in [3.63, 3.8) is 0 Å². The summed E-state index contributed by atoms with van der Waals surface area (Å²) >= 11 is 0. The van der Waals surface area contributed by atoms with Crippen LogP contribution in [0.2, 0.25) is 0 Å². The minimum atomic E-state index is -5.01. The van der Waals surface area contributed by atoms with Crippen LogP contribution in [-0.2, 0) is 16.6 Å². The number of rotatable bonds is 6. The molecular formula is C22H17F5N2O2S. The van der Waals surface area contributed by atoms with Crippen LogP contribution in [0, 0.1) is 29.1 Å². The van der Waals surface area contributed by atoms with E-state index in [2.05, 4.69) is 0 Å². The molecular weight excluding hydrogens is 451 g/mol. The Hall–Kier alpha value is -2.98. The van der Waals surface area contributed by atoms with Gasteiger partial charge in [0.05, 0.1) is 0 Å². The van der Waals surface area contributed by atoms with Crippen molar-refractivity contribution in [2.24, 2.45) is 0 Å². The zero-order valence-electron chi connectivity index (χ0n) is 16.5. The fraction of sp³-hybridized carbons (Fsp3) is 0.182. The summed E-state index contributed by atoms with van der Waals surface area (Å²) in [6.07, 6.45) is 0.825. The van der Waals surface area contributed by atoms with Crippen molar-refractivity contribution >= 4 is 15.7 Å². The molecule has 4 nitrogen and oxygen atoms in total. The van der Waals surface area contributed by atoms with Crippen molar-refractivity contribution in [2.75, 3.05) is 5.73 Å². The van der Waals surface area contributed by atoms with E-state index in [-0.39, 0.29) is 6.54 Å². The number of hydrogen-bond acceptors (Lipinski definition) is 3. The van der Waals surface area contributed by atoms with E-state index in [4.69, 9.17) is 5.73 Å². The van der Waals surface area contributed by atoms with Crippen molar-refractivity contribution in [2.45, 2.75) is 30.3 Å². The molecule has 4 rings (SSSR count). The molecule has 1 fully saturated rings. The van der Waals surface area contributed by atoms with Gasteiger partial charge >= 0.3 is 0 Å². The van der Waals surface area contributed by atoms with E-state index in [0.29, 0.717) is 24.1 Å². The zero-order chi connectivity index (χ0) is 23.2. The number of benzene rings is 3. The zero-order valence-corrected chi connectivity index (χ0v) is 17.3. The Morgan fingerprint density at radius 3 is 1.91 bits per heavy atom. The van der Waals surface area contributed by atoms with Gasteiger partial charge in [-0.3, -0.25) is 0 Å². The Morgan fingerprint density at radius 2 is 1.38 bits per heavy atom. The van der Waals surface area contributed by atoms with Crippen LogP contribution in [0.4, 0.5) is 27.6 Å². The van der Waals surface area contributed by atoms with Gasteiger partial charge in [0.2, 0.25) is 15.8 Å². The van der Waals surface area contributed by atoms with Gasteiger partial charge in [0, 0.05) is 18.3 Å².